The van der Waals surface area contributed by atoms with Gasteiger partial charge in [-0.25, -0.2) is 9.59 Å². The zero-order chi connectivity index (χ0) is 33.7. The van der Waals surface area contributed by atoms with Crippen LogP contribution in [0.2, 0.25) is 0 Å². The normalized spacial score (nSPS) is 25.8. The first-order chi connectivity index (χ1) is 22.5. The number of ketones is 1. The van der Waals surface area contributed by atoms with E-state index in [2.05, 4.69) is 29.8 Å². The Morgan fingerprint density at radius 2 is 1.47 bits per heavy atom. The molecule has 0 radical (unpaired) electrons. The number of Topliss-reactive ketones (excluding diaryl/α,β-unsaturated/α-hetero) is 1. The molecule has 0 aromatic rings. The van der Waals surface area contributed by atoms with E-state index >= 15 is 0 Å². The summed E-state index contributed by atoms with van der Waals surface area (Å²) in [6.45, 7) is 4.82. The highest BCUT2D eigenvalue weighted by atomic mass is 16.5. The number of esters is 1. The van der Waals surface area contributed by atoms with Crippen LogP contribution in [0.25, 0.3) is 0 Å². The molecule has 12 nitrogen and oxygen atoms in total. The fraction of sp³-hybridized carbons (Fsp3) is 0.829. The minimum absolute atomic E-state index is 0.0380. The van der Waals surface area contributed by atoms with Gasteiger partial charge in [-0.15, -0.1) is 0 Å². The van der Waals surface area contributed by atoms with Crippen LogP contribution in [0.15, 0.2) is 0 Å². The number of urea groups is 1. The molecular weight excluding hydrogens is 602 g/mol. The number of carbonyl (C=O) groups is 6. The molecule has 5 fully saturated rings. The van der Waals surface area contributed by atoms with Gasteiger partial charge in [0.15, 0.2) is 0 Å². The largest absolute Gasteiger partial charge is 0.464 e. The van der Waals surface area contributed by atoms with Crippen LogP contribution in [0.1, 0.15) is 117 Å². The summed E-state index contributed by atoms with van der Waals surface area (Å²) in [7, 11) is 0. The molecule has 1 aliphatic heterocycles. The molecule has 0 bridgehead atoms. The van der Waals surface area contributed by atoms with Crippen LogP contribution in [0.4, 0.5) is 4.79 Å². The van der Waals surface area contributed by atoms with Crippen LogP contribution in [-0.4, -0.2) is 77.2 Å². The molecule has 0 spiro atoms. The van der Waals surface area contributed by atoms with E-state index in [0.29, 0.717) is 44.8 Å². The van der Waals surface area contributed by atoms with E-state index in [9.17, 15) is 28.8 Å². The Morgan fingerprint density at radius 1 is 0.830 bits per heavy atom. The third-order valence-corrected chi connectivity index (χ3v) is 11.3. The third-order valence-electron chi connectivity index (χ3n) is 11.3. The van der Waals surface area contributed by atoms with Gasteiger partial charge in [0.1, 0.15) is 17.6 Å². The summed E-state index contributed by atoms with van der Waals surface area (Å²) in [4.78, 5) is 81.5. The molecule has 4 aliphatic carbocycles. The van der Waals surface area contributed by atoms with E-state index in [-0.39, 0.29) is 29.6 Å². The number of ether oxygens (including phenoxy) is 1. The maximum Gasteiger partial charge on any atom is 0.331 e. The van der Waals surface area contributed by atoms with Crippen molar-refractivity contribution in [2.24, 2.45) is 35.3 Å². The molecule has 4 saturated carbocycles. The number of carbonyl (C=O) groups excluding carboxylic acids is 6. The Labute approximate surface area is 278 Å². The predicted molar refractivity (Wildman–Crippen MR) is 173 cm³/mol. The summed E-state index contributed by atoms with van der Waals surface area (Å²) in [6, 6.07) is -3.33. The van der Waals surface area contributed by atoms with Crippen LogP contribution in [0, 0.1) is 29.6 Å². The first-order valence-corrected chi connectivity index (χ1v) is 18.2. The fourth-order valence-electron chi connectivity index (χ4n) is 7.78. The van der Waals surface area contributed by atoms with Gasteiger partial charge >= 0.3 is 12.0 Å². The Hall–Kier alpha value is -3.18. The Balaban J connectivity index is 1.33. The molecule has 12 heteroatoms. The Bertz CT molecular complexity index is 1190. The molecule has 5 amide bonds. The molecule has 262 valence electrons. The number of nitrogens with one attached hydrogen (secondary N) is 3. The minimum Gasteiger partial charge on any atom is -0.464 e. The van der Waals surface area contributed by atoms with E-state index in [0.717, 1.165) is 77.0 Å². The highest BCUT2D eigenvalue weighted by Crippen LogP contribution is 2.36. The molecule has 0 aromatic carbocycles. The molecule has 5 aliphatic rings. The fourth-order valence-corrected chi connectivity index (χ4v) is 7.78. The van der Waals surface area contributed by atoms with Gasteiger partial charge in [0.2, 0.25) is 17.6 Å². The molecule has 47 heavy (non-hydrogen) atoms. The maximum atomic E-state index is 14.5. The monoisotopic (exact) mass is 657 g/mol. The topological polar surface area (TPSA) is 177 Å². The lowest BCUT2D eigenvalue weighted by molar-refractivity contribution is -0.153. The lowest BCUT2D eigenvalue weighted by atomic mass is 9.81. The highest BCUT2D eigenvalue weighted by molar-refractivity contribution is 6.37. The second kappa shape index (κ2) is 15.4. The average Bonchev–Trinajstić information content (AvgIpc) is 4.00. The van der Waals surface area contributed by atoms with Gasteiger partial charge in [-0.2, -0.15) is 0 Å². The second-order valence-corrected chi connectivity index (χ2v) is 15.4. The van der Waals surface area contributed by atoms with Crippen molar-refractivity contribution >= 4 is 35.5 Å². The van der Waals surface area contributed by atoms with Gasteiger partial charge in [-0.1, -0.05) is 65.2 Å². The van der Waals surface area contributed by atoms with Crippen molar-refractivity contribution in [3.63, 3.8) is 0 Å². The third kappa shape index (κ3) is 9.04. The minimum atomic E-state index is -1.13. The van der Waals surface area contributed by atoms with E-state index < -0.39 is 53.3 Å². The lowest BCUT2D eigenvalue weighted by Crippen LogP contribution is -2.63. The first kappa shape index (κ1) is 35.1. The number of amides is 5. The standard InChI is InChI=1S/C35H55N5O7/c1-21(2)25-18-27(31(43)37-26(17-22-11-12-22)29(41)30(36)42)40(19-25)32(44)28(24-9-5-3-6-10-24)38-34(46)39-35(15-7-4-8-16-35)33(45)47-20-23-13-14-23/h21-28H,3-20H2,1-2H3,(H2,36,42)(H,37,43)(H2,38,39,46)/t25-,26?,27+,28+/m1/s1. The van der Waals surface area contributed by atoms with Crippen molar-refractivity contribution in [1.82, 2.24) is 20.9 Å². The molecular formula is C35H55N5O7. The second-order valence-electron chi connectivity index (χ2n) is 15.4. The van der Waals surface area contributed by atoms with Crippen molar-refractivity contribution in [3.8, 4) is 0 Å². The Kier molecular flexibility index (Phi) is 11.5. The number of rotatable bonds is 14. The van der Waals surface area contributed by atoms with Gasteiger partial charge in [0.05, 0.1) is 12.6 Å². The van der Waals surface area contributed by atoms with E-state index in [1.165, 1.54) is 0 Å². The van der Waals surface area contributed by atoms with Gasteiger partial charge < -0.3 is 31.3 Å². The SMILES string of the molecule is CC(C)[C@@H]1C[C@@H](C(=O)NC(CC2CC2)C(=O)C(N)=O)N(C(=O)[C@@H](NC(=O)NC2(C(=O)OCC3CC3)CCCCC2)C2CCCCC2)C1. The number of primary amides is 1. The summed E-state index contributed by atoms with van der Waals surface area (Å²) in [5.41, 5.74) is 4.19. The van der Waals surface area contributed by atoms with Crippen molar-refractivity contribution in [3.05, 3.63) is 0 Å². The Morgan fingerprint density at radius 3 is 2.06 bits per heavy atom. The van der Waals surface area contributed by atoms with Crippen molar-refractivity contribution < 1.29 is 33.5 Å². The van der Waals surface area contributed by atoms with Gasteiger partial charge in [-0.05, 0) is 81.0 Å². The summed E-state index contributed by atoms with van der Waals surface area (Å²) in [5.74, 6) is -2.36. The smallest absolute Gasteiger partial charge is 0.331 e. The molecule has 4 atom stereocenters. The molecule has 1 heterocycles. The zero-order valence-electron chi connectivity index (χ0n) is 28.2. The van der Waals surface area contributed by atoms with E-state index in [4.69, 9.17) is 10.5 Å². The van der Waals surface area contributed by atoms with E-state index in [1.807, 2.05) is 0 Å². The van der Waals surface area contributed by atoms with Gasteiger partial charge in [0, 0.05) is 6.54 Å². The van der Waals surface area contributed by atoms with Crippen LogP contribution in [-0.2, 0) is 28.7 Å². The van der Waals surface area contributed by atoms with Crippen molar-refractivity contribution in [1.29, 1.82) is 0 Å². The zero-order valence-corrected chi connectivity index (χ0v) is 28.2. The van der Waals surface area contributed by atoms with Crippen LogP contribution >= 0.6 is 0 Å². The molecule has 1 unspecified atom stereocenters. The maximum absolute atomic E-state index is 14.5. The van der Waals surface area contributed by atoms with Crippen LogP contribution < -0.4 is 21.7 Å². The summed E-state index contributed by atoms with van der Waals surface area (Å²) in [6.07, 6.45) is 12.7. The lowest BCUT2D eigenvalue weighted by Gasteiger charge is -2.38. The number of nitrogens with zero attached hydrogens (tertiary/aromatic N) is 1. The van der Waals surface area contributed by atoms with Gasteiger partial charge in [-0.3, -0.25) is 19.2 Å². The number of nitrogens with two attached hydrogens (primary N) is 1. The quantitative estimate of drug-likeness (QED) is 0.164. The van der Waals surface area contributed by atoms with Crippen LogP contribution in [0.5, 0.6) is 0 Å². The van der Waals surface area contributed by atoms with Crippen molar-refractivity contribution in [2.75, 3.05) is 13.2 Å². The predicted octanol–water partition coefficient (Wildman–Crippen LogP) is 3.10. The molecule has 5 rings (SSSR count). The molecule has 1 saturated heterocycles. The summed E-state index contributed by atoms with van der Waals surface area (Å²) >= 11 is 0. The summed E-state index contributed by atoms with van der Waals surface area (Å²) in [5, 5.41) is 8.73. The average molecular weight is 658 g/mol. The molecule has 5 N–H and O–H groups in total. The van der Waals surface area contributed by atoms with E-state index in [1.54, 1.807) is 4.90 Å². The number of hydrogen-bond acceptors (Lipinski definition) is 7. The first-order valence-electron chi connectivity index (χ1n) is 18.2. The van der Waals surface area contributed by atoms with Gasteiger partial charge in [0.25, 0.3) is 5.91 Å². The van der Waals surface area contributed by atoms with Crippen molar-refractivity contribution in [2.45, 2.75) is 140 Å². The highest BCUT2D eigenvalue weighted by Gasteiger charge is 2.47. The summed E-state index contributed by atoms with van der Waals surface area (Å²) < 4.78 is 5.67. The molecule has 0 aromatic heterocycles. The number of hydrogen-bond donors (Lipinski definition) is 4. The van der Waals surface area contributed by atoms with Crippen LogP contribution in [0.3, 0.4) is 0 Å². The number of likely N-dealkylation sites (tertiary alicyclic amines) is 1.